The first-order chi connectivity index (χ1) is 11.9. The average Bonchev–Trinajstić information content (AvgIpc) is 3.03. The van der Waals surface area contributed by atoms with Crippen LogP contribution in [-0.4, -0.2) is 15.6 Å². The summed E-state index contributed by atoms with van der Waals surface area (Å²) in [4.78, 5) is 21.7. The van der Waals surface area contributed by atoms with Gasteiger partial charge in [0.05, 0.1) is 16.4 Å². The molecule has 0 amide bonds. The maximum absolute atomic E-state index is 12.9. The highest BCUT2D eigenvalue weighted by Gasteiger charge is 2.26. The van der Waals surface area contributed by atoms with E-state index in [2.05, 4.69) is 26.1 Å². The van der Waals surface area contributed by atoms with Crippen molar-refractivity contribution >= 4 is 43.8 Å². The molecule has 1 unspecified atom stereocenters. The predicted molar refractivity (Wildman–Crippen MR) is 94.0 cm³/mol. The number of benzene rings is 1. The second kappa shape index (κ2) is 7.37. The summed E-state index contributed by atoms with van der Waals surface area (Å²) in [5.74, 6) is -1.11. The van der Waals surface area contributed by atoms with Gasteiger partial charge in [0.2, 0.25) is 0 Å². The van der Waals surface area contributed by atoms with Gasteiger partial charge in [0.25, 0.3) is 0 Å². The highest BCUT2D eigenvalue weighted by Crippen LogP contribution is 2.32. The molecule has 0 saturated carbocycles. The monoisotopic (exact) mass is 427 g/mol. The first kappa shape index (κ1) is 17.6. The zero-order valence-electron chi connectivity index (χ0n) is 12.7. The maximum atomic E-state index is 12.9. The van der Waals surface area contributed by atoms with Gasteiger partial charge in [-0.15, -0.1) is 0 Å². The SMILES string of the molecule is Nc1cc(C2CC(Br)=NO2)nc(C(=O)OCc2ccc(F)cc2)c1Cl. The van der Waals surface area contributed by atoms with E-state index < -0.39 is 12.1 Å². The highest BCUT2D eigenvalue weighted by molar-refractivity contribution is 9.18. The Morgan fingerprint density at radius 3 is 2.80 bits per heavy atom. The molecule has 1 aromatic heterocycles. The number of halogens is 3. The molecule has 0 bridgehead atoms. The maximum Gasteiger partial charge on any atom is 0.358 e. The fraction of sp³-hybridized carbons (Fsp3) is 0.188. The number of hydrogen-bond acceptors (Lipinski definition) is 6. The molecule has 1 aliphatic heterocycles. The second-order valence-electron chi connectivity index (χ2n) is 5.27. The van der Waals surface area contributed by atoms with Crippen LogP contribution in [0.1, 0.15) is 34.3 Å². The molecule has 2 aromatic rings. The zero-order valence-corrected chi connectivity index (χ0v) is 15.1. The lowest BCUT2D eigenvalue weighted by atomic mass is 10.1. The topological polar surface area (TPSA) is 86.8 Å². The Bertz CT molecular complexity index is 845. The summed E-state index contributed by atoms with van der Waals surface area (Å²) in [6.07, 6.45) is 0.00981. The average molecular weight is 429 g/mol. The minimum Gasteiger partial charge on any atom is -0.456 e. The molecule has 1 aliphatic rings. The van der Waals surface area contributed by atoms with E-state index in [0.29, 0.717) is 22.3 Å². The van der Waals surface area contributed by atoms with Gasteiger partial charge in [0.15, 0.2) is 11.8 Å². The molecular formula is C16H12BrClFN3O3. The molecule has 0 saturated heterocycles. The smallest absolute Gasteiger partial charge is 0.358 e. The van der Waals surface area contributed by atoms with Crippen molar-refractivity contribution in [3.8, 4) is 0 Å². The number of oxime groups is 1. The standard InChI is InChI=1S/C16H12BrClFN3O3/c17-13-6-12(25-22-13)11-5-10(20)14(18)15(21-11)16(23)24-7-8-1-3-9(19)4-2-8/h1-5,12H,6-7H2,(H2,20,21). The van der Waals surface area contributed by atoms with Crippen LogP contribution in [0.15, 0.2) is 35.5 Å². The lowest BCUT2D eigenvalue weighted by molar-refractivity contribution is 0.0462. The fourth-order valence-electron chi connectivity index (χ4n) is 2.17. The number of anilines is 1. The first-order valence-corrected chi connectivity index (χ1v) is 8.37. The lowest BCUT2D eigenvalue weighted by Gasteiger charge is -2.12. The van der Waals surface area contributed by atoms with Crippen molar-refractivity contribution in [3.63, 3.8) is 0 Å². The van der Waals surface area contributed by atoms with Gasteiger partial charge < -0.3 is 15.3 Å². The Labute approximate surface area is 155 Å². The Morgan fingerprint density at radius 2 is 2.16 bits per heavy atom. The molecular weight excluding hydrogens is 417 g/mol. The van der Waals surface area contributed by atoms with E-state index in [0.717, 1.165) is 0 Å². The van der Waals surface area contributed by atoms with Crippen LogP contribution < -0.4 is 5.73 Å². The van der Waals surface area contributed by atoms with Crippen molar-refractivity contribution in [1.82, 2.24) is 4.98 Å². The molecule has 1 aromatic carbocycles. The van der Waals surface area contributed by atoms with Gasteiger partial charge in [0.1, 0.15) is 17.0 Å². The van der Waals surface area contributed by atoms with Crippen LogP contribution in [-0.2, 0) is 16.2 Å². The van der Waals surface area contributed by atoms with Crippen molar-refractivity contribution in [1.29, 1.82) is 0 Å². The molecule has 1 atom stereocenters. The summed E-state index contributed by atoms with van der Waals surface area (Å²) in [7, 11) is 0. The molecule has 2 heterocycles. The lowest BCUT2D eigenvalue weighted by Crippen LogP contribution is -2.13. The van der Waals surface area contributed by atoms with Gasteiger partial charge in [-0.05, 0) is 39.7 Å². The number of hydrogen-bond donors (Lipinski definition) is 1. The number of ether oxygens (including phenoxy) is 1. The highest BCUT2D eigenvalue weighted by atomic mass is 79.9. The van der Waals surface area contributed by atoms with Gasteiger partial charge in [0, 0.05) is 6.42 Å². The van der Waals surface area contributed by atoms with Gasteiger partial charge in [-0.1, -0.05) is 28.9 Å². The van der Waals surface area contributed by atoms with Crippen molar-refractivity contribution in [3.05, 3.63) is 58.1 Å². The minimum absolute atomic E-state index is 0.00540. The van der Waals surface area contributed by atoms with Gasteiger partial charge in [-0.3, -0.25) is 0 Å². The van der Waals surface area contributed by atoms with Crippen molar-refractivity contribution < 1.29 is 18.8 Å². The first-order valence-electron chi connectivity index (χ1n) is 7.19. The summed E-state index contributed by atoms with van der Waals surface area (Å²) >= 11 is 9.32. The van der Waals surface area contributed by atoms with E-state index in [1.807, 2.05) is 0 Å². The second-order valence-corrected chi connectivity index (χ2v) is 6.56. The Balaban J connectivity index is 1.77. The third-order valence-electron chi connectivity index (χ3n) is 3.44. The van der Waals surface area contributed by atoms with Crippen molar-refractivity contribution in [2.24, 2.45) is 5.16 Å². The van der Waals surface area contributed by atoms with Crippen LogP contribution in [0.5, 0.6) is 0 Å². The normalized spacial score (nSPS) is 16.3. The molecule has 130 valence electrons. The fourth-order valence-corrected chi connectivity index (χ4v) is 2.73. The molecule has 0 spiro atoms. The van der Waals surface area contributed by atoms with Crippen molar-refractivity contribution in [2.45, 2.75) is 19.1 Å². The summed E-state index contributed by atoms with van der Waals surface area (Å²) in [5.41, 5.74) is 7.00. The number of nitrogens with zero attached hydrogens (tertiary/aromatic N) is 2. The predicted octanol–water partition coefficient (Wildman–Crippen LogP) is 3.98. The third kappa shape index (κ3) is 4.08. The molecule has 0 radical (unpaired) electrons. The van der Waals surface area contributed by atoms with Gasteiger partial charge in [-0.25, -0.2) is 14.2 Å². The minimum atomic E-state index is -0.735. The number of rotatable bonds is 4. The number of esters is 1. The molecule has 25 heavy (non-hydrogen) atoms. The van der Waals surface area contributed by atoms with Gasteiger partial charge >= 0.3 is 5.97 Å². The van der Waals surface area contributed by atoms with Crippen LogP contribution in [0.3, 0.4) is 0 Å². The molecule has 0 aliphatic carbocycles. The third-order valence-corrected chi connectivity index (χ3v) is 4.31. The number of nitrogen functional groups attached to an aromatic ring is 1. The number of carbonyl (C=O) groups excluding carboxylic acids is 1. The number of carbonyl (C=O) groups is 1. The summed E-state index contributed by atoms with van der Waals surface area (Å²) < 4.78 is 18.7. The van der Waals surface area contributed by atoms with Crippen LogP contribution in [0.25, 0.3) is 0 Å². The molecule has 0 fully saturated rings. The number of aromatic nitrogens is 1. The Morgan fingerprint density at radius 1 is 1.44 bits per heavy atom. The van der Waals surface area contributed by atoms with Gasteiger partial charge in [-0.2, -0.15) is 0 Å². The van der Waals surface area contributed by atoms with E-state index in [9.17, 15) is 9.18 Å². The van der Waals surface area contributed by atoms with Crippen LogP contribution in [0.2, 0.25) is 5.02 Å². The van der Waals surface area contributed by atoms with Crippen molar-refractivity contribution in [2.75, 3.05) is 5.73 Å². The summed E-state index contributed by atoms with van der Waals surface area (Å²) in [5, 5.41) is 3.78. The van der Waals surface area contributed by atoms with E-state index in [1.165, 1.54) is 30.3 Å². The number of pyridine rings is 1. The van der Waals surface area contributed by atoms with E-state index in [1.54, 1.807) is 0 Å². The molecule has 6 nitrogen and oxygen atoms in total. The van der Waals surface area contributed by atoms with Crippen LogP contribution in [0, 0.1) is 5.82 Å². The van der Waals surface area contributed by atoms with E-state index in [4.69, 9.17) is 26.9 Å². The number of nitrogens with two attached hydrogens (primary N) is 1. The molecule has 9 heteroatoms. The van der Waals surface area contributed by atoms with Crippen LogP contribution in [0.4, 0.5) is 10.1 Å². The molecule has 2 N–H and O–H groups in total. The Hall–Kier alpha value is -2.19. The summed E-state index contributed by atoms with van der Waals surface area (Å²) in [6.45, 7) is -0.0458. The Kier molecular flexibility index (Phi) is 5.19. The zero-order chi connectivity index (χ0) is 18.0. The van der Waals surface area contributed by atoms with Crippen LogP contribution >= 0.6 is 27.5 Å². The van der Waals surface area contributed by atoms with E-state index >= 15 is 0 Å². The largest absolute Gasteiger partial charge is 0.456 e. The van der Waals surface area contributed by atoms with E-state index in [-0.39, 0.29) is 28.8 Å². The molecule has 3 rings (SSSR count). The summed E-state index contributed by atoms with van der Waals surface area (Å²) in [6, 6.07) is 7.13. The quantitative estimate of drug-likeness (QED) is 0.744.